The van der Waals surface area contributed by atoms with Gasteiger partial charge in [0.2, 0.25) is 0 Å². The number of aromatic nitrogens is 1. The molecule has 3 aromatic rings. The van der Waals surface area contributed by atoms with E-state index in [9.17, 15) is 9.18 Å². The van der Waals surface area contributed by atoms with Gasteiger partial charge in [0.15, 0.2) is 0 Å². The van der Waals surface area contributed by atoms with E-state index in [1.54, 1.807) is 35.5 Å². The number of anilines is 1. The van der Waals surface area contributed by atoms with E-state index in [-0.39, 0.29) is 11.7 Å². The van der Waals surface area contributed by atoms with E-state index in [1.165, 1.54) is 12.1 Å². The van der Waals surface area contributed by atoms with Crippen molar-refractivity contribution in [3.05, 3.63) is 95.6 Å². The number of carbonyl (C=O) groups is 1. The maximum atomic E-state index is 13.7. The predicted molar refractivity (Wildman–Crippen MR) is 92.3 cm³/mol. The molecule has 24 heavy (non-hydrogen) atoms. The van der Waals surface area contributed by atoms with Crippen LogP contribution in [0.3, 0.4) is 0 Å². The first-order valence-corrected chi connectivity index (χ1v) is 7.67. The summed E-state index contributed by atoms with van der Waals surface area (Å²) in [6.45, 7) is 2.21. The lowest BCUT2D eigenvalue weighted by Crippen LogP contribution is -2.31. The summed E-state index contributed by atoms with van der Waals surface area (Å²) >= 11 is 0. The summed E-state index contributed by atoms with van der Waals surface area (Å²) in [4.78, 5) is 18.7. The summed E-state index contributed by atoms with van der Waals surface area (Å²) in [6, 6.07) is 17.4. The highest BCUT2D eigenvalue weighted by atomic mass is 19.1. The van der Waals surface area contributed by atoms with Gasteiger partial charge in [-0.3, -0.25) is 9.78 Å². The van der Waals surface area contributed by atoms with Gasteiger partial charge in [-0.25, -0.2) is 4.39 Å². The summed E-state index contributed by atoms with van der Waals surface area (Å²) in [5, 5.41) is 0. The standard InChI is InChI=1S/C20H17FN2O/c1-15-13-22-11-10-19(15)20(24)23(14-16-6-3-2-4-7-16)18-9-5-8-17(21)12-18/h2-13H,14H2,1H3. The van der Waals surface area contributed by atoms with Crippen molar-refractivity contribution in [3.63, 3.8) is 0 Å². The Bertz CT molecular complexity index is 849. The van der Waals surface area contributed by atoms with Crippen LogP contribution < -0.4 is 4.90 Å². The highest BCUT2D eigenvalue weighted by molar-refractivity contribution is 6.06. The van der Waals surface area contributed by atoms with Gasteiger partial charge in [0.1, 0.15) is 5.82 Å². The number of amides is 1. The fraction of sp³-hybridized carbons (Fsp3) is 0.100. The van der Waals surface area contributed by atoms with Crippen molar-refractivity contribution < 1.29 is 9.18 Å². The number of halogens is 1. The molecule has 0 atom stereocenters. The monoisotopic (exact) mass is 320 g/mol. The second-order valence-corrected chi connectivity index (χ2v) is 5.55. The first-order chi connectivity index (χ1) is 11.6. The van der Waals surface area contributed by atoms with E-state index in [0.29, 0.717) is 17.8 Å². The van der Waals surface area contributed by atoms with Crippen LogP contribution in [-0.2, 0) is 6.54 Å². The van der Waals surface area contributed by atoms with E-state index in [1.807, 2.05) is 37.3 Å². The summed E-state index contributed by atoms with van der Waals surface area (Å²) in [5.74, 6) is -0.547. The number of aryl methyl sites for hydroxylation is 1. The lowest BCUT2D eigenvalue weighted by molar-refractivity contribution is 0.0984. The van der Waals surface area contributed by atoms with Crippen molar-refractivity contribution in [3.8, 4) is 0 Å². The average Bonchev–Trinajstić information content (AvgIpc) is 2.60. The van der Waals surface area contributed by atoms with Gasteiger partial charge in [-0.15, -0.1) is 0 Å². The number of rotatable bonds is 4. The van der Waals surface area contributed by atoms with Crippen LogP contribution in [0, 0.1) is 12.7 Å². The van der Waals surface area contributed by atoms with Crippen LogP contribution in [0.15, 0.2) is 73.1 Å². The van der Waals surface area contributed by atoms with Gasteiger partial charge in [-0.1, -0.05) is 36.4 Å². The molecule has 3 rings (SSSR count). The summed E-state index contributed by atoms with van der Waals surface area (Å²) < 4.78 is 13.7. The van der Waals surface area contributed by atoms with Crippen LogP contribution in [0.25, 0.3) is 0 Å². The normalized spacial score (nSPS) is 10.4. The second-order valence-electron chi connectivity index (χ2n) is 5.55. The van der Waals surface area contributed by atoms with Crippen molar-refractivity contribution in [2.45, 2.75) is 13.5 Å². The molecule has 0 aliphatic heterocycles. The Morgan fingerprint density at radius 2 is 1.88 bits per heavy atom. The molecule has 0 bridgehead atoms. The molecular weight excluding hydrogens is 303 g/mol. The average molecular weight is 320 g/mol. The van der Waals surface area contributed by atoms with Gasteiger partial charge in [0.25, 0.3) is 5.91 Å². The van der Waals surface area contributed by atoms with Crippen LogP contribution in [0.5, 0.6) is 0 Å². The van der Waals surface area contributed by atoms with Crippen LogP contribution in [0.1, 0.15) is 21.5 Å². The highest BCUT2D eigenvalue weighted by Gasteiger charge is 2.20. The zero-order chi connectivity index (χ0) is 16.9. The maximum Gasteiger partial charge on any atom is 0.258 e. The van der Waals surface area contributed by atoms with Gasteiger partial charge in [-0.2, -0.15) is 0 Å². The quantitative estimate of drug-likeness (QED) is 0.715. The molecule has 1 aromatic heterocycles. The summed E-state index contributed by atoms with van der Waals surface area (Å²) in [5.41, 5.74) is 2.85. The van der Waals surface area contributed by atoms with Crippen LogP contribution >= 0.6 is 0 Å². The summed E-state index contributed by atoms with van der Waals surface area (Å²) in [7, 11) is 0. The maximum absolute atomic E-state index is 13.7. The third-order valence-electron chi connectivity index (χ3n) is 3.80. The van der Waals surface area contributed by atoms with Crippen molar-refractivity contribution >= 4 is 11.6 Å². The van der Waals surface area contributed by atoms with Gasteiger partial charge in [0.05, 0.1) is 6.54 Å². The molecule has 0 fully saturated rings. The molecule has 0 saturated carbocycles. The van der Waals surface area contributed by atoms with E-state index in [0.717, 1.165) is 11.1 Å². The van der Waals surface area contributed by atoms with Crippen LogP contribution in [0.4, 0.5) is 10.1 Å². The largest absolute Gasteiger partial charge is 0.304 e. The van der Waals surface area contributed by atoms with Crippen LogP contribution in [0.2, 0.25) is 0 Å². The first-order valence-electron chi connectivity index (χ1n) is 7.67. The smallest absolute Gasteiger partial charge is 0.258 e. The molecule has 3 nitrogen and oxygen atoms in total. The van der Waals surface area contributed by atoms with E-state index < -0.39 is 0 Å². The molecule has 0 aliphatic carbocycles. The van der Waals surface area contributed by atoms with E-state index in [2.05, 4.69) is 4.98 Å². The SMILES string of the molecule is Cc1cnccc1C(=O)N(Cc1ccccc1)c1cccc(F)c1. The molecule has 1 heterocycles. The minimum Gasteiger partial charge on any atom is -0.304 e. The molecule has 0 aliphatic rings. The molecular formula is C20H17FN2O. The minimum absolute atomic E-state index is 0.177. The number of hydrogen-bond donors (Lipinski definition) is 0. The Morgan fingerprint density at radius 1 is 1.08 bits per heavy atom. The molecule has 1 amide bonds. The van der Waals surface area contributed by atoms with Gasteiger partial charge in [0, 0.05) is 23.6 Å². The first kappa shape index (κ1) is 15.9. The second kappa shape index (κ2) is 7.04. The predicted octanol–water partition coefficient (Wildman–Crippen LogP) is 4.38. The summed E-state index contributed by atoms with van der Waals surface area (Å²) in [6.07, 6.45) is 3.24. The molecule has 2 aromatic carbocycles. The van der Waals surface area contributed by atoms with Gasteiger partial charge < -0.3 is 4.90 Å². The zero-order valence-corrected chi connectivity index (χ0v) is 13.3. The topological polar surface area (TPSA) is 33.2 Å². The van der Waals surface area contributed by atoms with Crippen molar-refractivity contribution in [1.82, 2.24) is 4.98 Å². The van der Waals surface area contributed by atoms with E-state index in [4.69, 9.17) is 0 Å². The van der Waals surface area contributed by atoms with Gasteiger partial charge in [-0.05, 0) is 42.3 Å². The van der Waals surface area contributed by atoms with Gasteiger partial charge >= 0.3 is 0 Å². The third-order valence-corrected chi connectivity index (χ3v) is 3.80. The van der Waals surface area contributed by atoms with Crippen molar-refractivity contribution in [2.24, 2.45) is 0 Å². The number of hydrogen-bond acceptors (Lipinski definition) is 2. The number of carbonyl (C=O) groups excluding carboxylic acids is 1. The molecule has 4 heteroatoms. The Kier molecular flexibility index (Phi) is 4.66. The Hall–Kier alpha value is -3.01. The molecule has 0 unspecified atom stereocenters. The van der Waals surface area contributed by atoms with Crippen molar-refractivity contribution in [1.29, 1.82) is 0 Å². The Labute approximate surface area is 140 Å². The zero-order valence-electron chi connectivity index (χ0n) is 13.3. The number of pyridine rings is 1. The Balaban J connectivity index is 2.01. The van der Waals surface area contributed by atoms with Crippen molar-refractivity contribution in [2.75, 3.05) is 4.90 Å². The fourth-order valence-corrected chi connectivity index (χ4v) is 2.55. The molecule has 120 valence electrons. The highest BCUT2D eigenvalue weighted by Crippen LogP contribution is 2.22. The fourth-order valence-electron chi connectivity index (χ4n) is 2.55. The number of nitrogens with zero attached hydrogens (tertiary/aromatic N) is 2. The molecule has 0 N–H and O–H groups in total. The van der Waals surface area contributed by atoms with Crippen LogP contribution in [-0.4, -0.2) is 10.9 Å². The molecule has 0 spiro atoms. The minimum atomic E-state index is -0.371. The lowest BCUT2D eigenvalue weighted by Gasteiger charge is -2.24. The molecule has 0 saturated heterocycles. The molecule has 0 radical (unpaired) electrons. The Morgan fingerprint density at radius 3 is 2.58 bits per heavy atom. The lowest BCUT2D eigenvalue weighted by atomic mass is 10.1. The third kappa shape index (κ3) is 3.49. The van der Waals surface area contributed by atoms with E-state index >= 15 is 0 Å². The number of benzene rings is 2.